The number of methoxy groups -OCH3 is 1. The molecule has 1 atom stereocenters. The Kier molecular flexibility index (Phi) is 2.66. The maximum Gasteiger partial charge on any atom is 0.148 e. The molecule has 1 aromatic rings. The Labute approximate surface area is 92.5 Å². The molecule has 1 aromatic carbocycles. The molecule has 0 aromatic heterocycles. The van der Waals surface area contributed by atoms with Crippen LogP contribution >= 0.6 is 23.2 Å². The van der Waals surface area contributed by atoms with E-state index in [1.807, 2.05) is 18.3 Å². The molecule has 4 heteroatoms. The topological polar surface area (TPSA) is 21.6 Å². The van der Waals surface area contributed by atoms with Crippen LogP contribution in [0.15, 0.2) is 17.1 Å². The summed E-state index contributed by atoms with van der Waals surface area (Å²) >= 11 is 12.0. The Morgan fingerprint density at radius 1 is 1.50 bits per heavy atom. The van der Waals surface area contributed by atoms with Crippen LogP contribution in [0.25, 0.3) is 0 Å². The summed E-state index contributed by atoms with van der Waals surface area (Å²) in [5.41, 5.74) is 1.78. The highest BCUT2D eigenvalue weighted by atomic mass is 35.5. The Hall–Kier alpha value is -0.730. The van der Waals surface area contributed by atoms with E-state index >= 15 is 0 Å². The molecule has 0 radical (unpaired) electrons. The lowest BCUT2D eigenvalue weighted by atomic mass is 10.0. The number of rotatable bonds is 1. The minimum Gasteiger partial charge on any atom is -0.495 e. The highest BCUT2D eigenvalue weighted by Gasteiger charge is 2.17. The van der Waals surface area contributed by atoms with Gasteiger partial charge in [0.15, 0.2) is 0 Å². The Balaban J connectivity index is 2.52. The first-order chi connectivity index (χ1) is 6.72. The van der Waals surface area contributed by atoms with Crippen LogP contribution in [-0.2, 0) is 6.42 Å². The van der Waals surface area contributed by atoms with Gasteiger partial charge in [0.1, 0.15) is 11.3 Å². The lowest BCUT2D eigenvalue weighted by Gasteiger charge is -2.16. The van der Waals surface area contributed by atoms with E-state index in [2.05, 4.69) is 4.99 Å². The normalized spacial score (nSPS) is 19.2. The first-order valence-corrected chi connectivity index (χ1v) is 5.06. The molecule has 0 spiro atoms. The van der Waals surface area contributed by atoms with Crippen molar-refractivity contribution in [2.45, 2.75) is 11.9 Å². The molecule has 1 aliphatic heterocycles. The molecular formula is C10H9Cl2NO. The van der Waals surface area contributed by atoms with Crippen LogP contribution in [0, 0.1) is 0 Å². The maximum absolute atomic E-state index is 6.02. The second-order valence-corrected chi connectivity index (χ2v) is 3.88. The molecule has 1 heterocycles. The standard InChI is InChI=1S/C10H9Cl2NO/c1-14-9-4-6-2-3-13-10(12)7(6)5-8(9)11/h3-5,10H,2H2,1H3. The fourth-order valence-electron chi connectivity index (χ4n) is 1.49. The quantitative estimate of drug-likeness (QED) is 0.536. The van der Waals surface area contributed by atoms with E-state index < -0.39 is 0 Å². The third-order valence-electron chi connectivity index (χ3n) is 2.22. The molecule has 2 rings (SSSR count). The van der Waals surface area contributed by atoms with Crippen LogP contribution in [0.5, 0.6) is 5.75 Å². The molecule has 14 heavy (non-hydrogen) atoms. The fourth-order valence-corrected chi connectivity index (χ4v) is 2.02. The maximum atomic E-state index is 6.02. The molecule has 74 valence electrons. The van der Waals surface area contributed by atoms with Crippen LogP contribution in [0.4, 0.5) is 0 Å². The number of hydrogen-bond acceptors (Lipinski definition) is 2. The monoisotopic (exact) mass is 229 g/mol. The molecule has 2 nitrogen and oxygen atoms in total. The minimum atomic E-state index is -0.317. The largest absolute Gasteiger partial charge is 0.495 e. The third kappa shape index (κ3) is 1.60. The van der Waals surface area contributed by atoms with Gasteiger partial charge in [-0.15, -0.1) is 0 Å². The number of halogens is 2. The number of nitrogens with zero attached hydrogens (tertiary/aromatic N) is 1. The van der Waals surface area contributed by atoms with Gasteiger partial charge in [-0.1, -0.05) is 23.2 Å². The van der Waals surface area contributed by atoms with Crippen molar-refractivity contribution in [1.82, 2.24) is 0 Å². The molecule has 0 bridgehead atoms. The first kappa shape index (κ1) is 9.81. The van der Waals surface area contributed by atoms with Crippen molar-refractivity contribution in [3.63, 3.8) is 0 Å². The molecular weight excluding hydrogens is 221 g/mol. The Bertz CT molecular complexity index is 390. The summed E-state index contributed by atoms with van der Waals surface area (Å²) in [6.07, 6.45) is 2.60. The average Bonchev–Trinajstić information content (AvgIpc) is 2.19. The smallest absolute Gasteiger partial charge is 0.148 e. The van der Waals surface area contributed by atoms with Gasteiger partial charge in [0.25, 0.3) is 0 Å². The van der Waals surface area contributed by atoms with Crippen LogP contribution in [0.2, 0.25) is 5.02 Å². The van der Waals surface area contributed by atoms with E-state index in [0.29, 0.717) is 10.8 Å². The van der Waals surface area contributed by atoms with Gasteiger partial charge in [0, 0.05) is 12.6 Å². The summed E-state index contributed by atoms with van der Waals surface area (Å²) in [6, 6.07) is 3.74. The summed E-state index contributed by atoms with van der Waals surface area (Å²) in [7, 11) is 1.60. The van der Waals surface area contributed by atoms with Crippen LogP contribution in [-0.4, -0.2) is 13.3 Å². The van der Waals surface area contributed by atoms with E-state index in [0.717, 1.165) is 17.5 Å². The van der Waals surface area contributed by atoms with Crippen LogP contribution < -0.4 is 4.74 Å². The highest BCUT2D eigenvalue weighted by molar-refractivity contribution is 6.32. The van der Waals surface area contributed by atoms with Gasteiger partial charge in [-0.05, 0) is 23.3 Å². The van der Waals surface area contributed by atoms with Crippen molar-refractivity contribution in [1.29, 1.82) is 0 Å². The first-order valence-electron chi connectivity index (χ1n) is 4.24. The van der Waals surface area contributed by atoms with Gasteiger partial charge in [0.2, 0.25) is 0 Å². The van der Waals surface area contributed by atoms with E-state index in [1.165, 1.54) is 0 Å². The van der Waals surface area contributed by atoms with E-state index in [1.54, 1.807) is 7.11 Å². The Morgan fingerprint density at radius 2 is 2.29 bits per heavy atom. The average molecular weight is 230 g/mol. The van der Waals surface area contributed by atoms with E-state index in [4.69, 9.17) is 27.9 Å². The number of ether oxygens (including phenoxy) is 1. The van der Waals surface area contributed by atoms with Crippen molar-refractivity contribution < 1.29 is 4.74 Å². The van der Waals surface area contributed by atoms with Crippen molar-refractivity contribution in [3.8, 4) is 5.75 Å². The Morgan fingerprint density at radius 3 is 3.00 bits per heavy atom. The lowest BCUT2D eigenvalue weighted by Crippen LogP contribution is -2.04. The lowest BCUT2D eigenvalue weighted by molar-refractivity contribution is 0.414. The van der Waals surface area contributed by atoms with Gasteiger partial charge in [-0.2, -0.15) is 0 Å². The summed E-state index contributed by atoms with van der Waals surface area (Å²) < 4.78 is 5.13. The molecule has 0 fully saturated rings. The van der Waals surface area contributed by atoms with Crippen molar-refractivity contribution in [2.24, 2.45) is 4.99 Å². The predicted molar refractivity (Wildman–Crippen MR) is 58.8 cm³/mol. The third-order valence-corrected chi connectivity index (χ3v) is 2.86. The summed E-state index contributed by atoms with van der Waals surface area (Å²) in [4.78, 5) is 4.11. The van der Waals surface area contributed by atoms with E-state index in [9.17, 15) is 0 Å². The van der Waals surface area contributed by atoms with Gasteiger partial charge in [0.05, 0.1) is 12.1 Å². The summed E-state index contributed by atoms with van der Waals surface area (Å²) in [5, 5.41) is 0.578. The van der Waals surface area contributed by atoms with Gasteiger partial charge < -0.3 is 4.74 Å². The zero-order chi connectivity index (χ0) is 10.1. The molecule has 0 saturated carbocycles. The van der Waals surface area contributed by atoms with E-state index in [-0.39, 0.29) is 5.50 Å². The second kappa shape index (κ2) is 3.79. The predicted octanol–water partition coefficient (Wildman–Crippen LogP) is 3.21. The zero-order valence-electron chi connectivity index (χ0n) is 7.63. The number of benzene rings is 1. The number of hydrogen-bond donors (Lipinski definition) is 0. The van der Waals surface area contributed by atoms with Crippen molar-refractivity contribution in [3.05, 3.63) is 28.3 Å². The van der Waals surface area contributed by atoms with Crippen molar-refractivity contribution in [2.75, 3.05) is 7.11 Å². The minimum absolute atomic E-state index is 0.317. The fraction of sp³-hybridized carbons (Fsp3) is 0.300. The summed E-state index contributed by atoms with van der Waals surface area (Å²) in [6.45, 7) is 0. The van der Waals surface area contributed by atoms with Crippen LogP contribution in [0.3, 0.4) is 0 Å². The molecule has 0 N–H and O–H groups in total. The van der Waals surface area contributed by atoms with Crippen molar-refractivity contribution >= 4 is 29.4 Å². The SMILES string of the molecule is COc1cc2c(cc1Cl)C(Cl)N=CC2. The molecule has 0 saturated heterocycles. The molecule has 1 aliphatic rings. The van der Waals surface area contributed by atoms with Crippen LogP contribution in [0.1, 0.15) is 16.6 Å². The van der Waals surface area contributed by atoms with Gasteiger partial charge in [-0.25, -0.2) is 0 Å². The zero-order valence-corrected chi connectivity index (χ0v) is 9.14. The number of aliphatic imine (C=N–C) groups is 1. The molecule has 1 unspecified atom stereocenters. The van der Waals surface area contributed by atoms with Gasteiger partial charge >= 0.3 is 0 Å². The number of alkyl halides is 1. The molecule has 0 amide bonds. The number of fused-ring (bicyclic) bond motifs is 1. The second-order valence-electron chi connectivity index (χ2n) is 3.06. The van der Waals surface area contributed by atoms with Gasteiger partial charge in [-0.3, -0.25) is 4.99 Å². The summed E-state index contributed by atoms with van der Waals surface area (Å²) in [5.74, 6) is 0.685. The molecule has 0 aliphatic carbocycles. The highest BCUT2D eigenvalue weighted by Crippen LogP contribution is 2.35.